The molecular formula is C27H35N. The number of nitrogens with one attached hydrogen (secondary N) is 1. The van der Waals surface area contributed by atoms with E-state index in [0.717, 1.165) is 19.4 Å². The molecular weight excluding hydrogens is 338 g/mol. The first-order valence-electron chi connectivity index (χ1n) is 10.8. The molecule has 0 spiro atoms. The van der Waals surface area contributed by atoms with Gasteiger partial charge >= 0.3 is 0 Å². The molecule has 0 saturated carbocycles. The van der Waals surface area contributed by atoms with Crippen LogP contribution in [0.3, 0.4) is 0 Å². The molecule has 0 heterocycles. The van der Waals surface area contributed by atoms with Crippen LogP contribution >= 0.6 is 0 Å². The molecule has 1 N–H and O–H groups in total. The number of hydrogen-bond donors (Lipinski definition) is 1. The smallest absolute Gasteiger partial charge is 0.0910 e. The van der Waals surface area contributed by atoms with Crippen LogP contribution in [0.25, 0.3) is 0 Å². The van der Waals surface area contributed by atoms with Crippen molar-refractivity contribution < 1.29 is 0 Å². The van der Waals surface area contributed by atoms with Crippen molar-refractivity contribution in [2.75, 3.05) is 6.54 Å². The summed E-state index contributed by atoms with van der Waals surface area (Å²) >= 11 is 0. The molecule has 0 bridgehead atoms. The number of hydrogen-bond acceptors (Lipinski definition) is 1. The van der Waals surface area contributed by atoms with Gasteiger partial charge in [-0.15, -0.1) is 0 Å². The van der Waals surface area contributed by atoms with Crippen LogP contribution in [0.1, 0.15) is 68.2 Å². The van der Waals surface area contributed by atoms with Gasteiger partial charge in [0.25, 0.3) is 0 Å². The second-order valence-corrected chi connectivity index (χ2v) is 8.32. The fraction of sp³-hybridized carbons (Fsp3) is 0.407. The monoisotopic (exact) mass is 373 g/mol. The molecule has 2 aromatic rings. The molecule has 1 aliphatic carbocycles. The van der Waals surface area contributed by atoms with E-state index >= 15 is 0 Å². The van der Waals surface area contributed by atoms with Gasteiger partial charge < -0.3 is 5.32 Å². The van der Waals surface area contributed by atoms with Crippen molar-refractivity contribution in [2.24, 2.45) is 0 Å². The maximum absolute atomic E-state index is 4.03. The van der Waals surface area contributed by atoms with Crippen LogP contribution in [-0.4, -0.2) is 6.54 Å². The van der Waals surface area contributed by atoms with E-state index in [1.165, 1.54) is 52.7 Å². The summed E-state index contributed by atoms with van der Waals surface area (Å²) in [6.07, 6.45) is 10.6. The summed E-state index contributed by atoms with van der Waals surface area (Å²) in [5.41, 5.74) is 7.99. The molecule has 0 fully saturated rings. The summed E-state index contributed by atoms with van der Waals surface area (Å²) in [6, 6.07) is 18.2. The van der Waals surface area contributed by atoms with E-state index in [2.05, 4.69) is 93.7 Å². The molecule has 0 aromatic heterocycles. The van der Waals surface area contributed by atoms with Gasteiger partial charge in [-0.3, -0.25) is 0 Å². The molecule has 2 aromatic carbocycles. The van der Waals surface area contributed by atoms with Crippen molar-refractivity contribution in [3.8, 4) is 0 Å². The first-order chi connectivity index (χ1) is 13.6. The zero-order valence-electron chi connectivity index (χ0n) is 18.0. The van der Waals surface area contributed by atoms with Gasteiger partial charge in [-0.25, -0.2) is 0 Å². The third-order valence-corrected chi connectivity index (χ3v) is 5.98. The van der Waals surface area contributed by atoms with Crippen LogP contribution in [-0.2, 0) is 5.54 Å². The van der Waals surface area contributed by atoms with Crippen LogP contribution in [0.5, 0.6) is 0 Å². The quantitative estimate of drug-likeness (QED) is 0.491. The molecule has 1 heteroatoms. The predicted molar refractivity (Wildman–Crippen MR) is 122 cm³/mol. The molecule has 28 heavy (non-hydrogen) atoms. The Labute approximate surface area is 171 Å². The summed E-state index contributed by atoms with van der Waals surface area (Å²) in [5.74, 6) is 0. The SMILES string of the molecule is CCCCCNC(C1=CC=C(C)CC1)(c1ccc(C)cc1)c1ccc(C)cc1. The lowest BCUT2D eigenvalue weighted by Crippen LogP contribution is -2.46. The summed E-state index contributed by atoms with van der Waals surface area (Å²) in [7, 11) is 0. The average Bonchev–Trinajstić information content (AvgIpc) is 2.71. The Morgan fingerprint density at radius 2 is 1.32 bits per heavy atom. The second-order valence-electron chi connectivity index (χ2n) is 8.32. The van der Waals surface area contributed by atoms with Crippen LogP contribution in [0.15, 0.2) is 71.8 Å². The van der Waals surface area contributed by atoms with E-state index in [4.69, 9.17) is 0 Å². The van der Waals surface area contributed by atoms with E-state index in [1.807, 2.05) is 0 Å². The van der Waals surface area contributed by atoms with E-state index in [1.54, 1.807) is 0 Å². The zero-order chi connectivity index (χ0) is 20.0. The molecule has 148 valence electrons. The molecule has 0 atom stereocenters. The second kappa shape index (κ2) is 9.39. The Morgan fingerprint density at radius 1 is 0.750 bits per heavy atom. The maximum Gasteiger partial charge on any atom is 0.0910 e. The molecule has 1 aliphatic rings. The minimum Gasteiger partial charge on any atom is -0.300 e. The van der Waals surface area contributed by atoms with Crippen molar-refractivity contribution in [1.82, 2.24) is 5.32 Å². The predicted octanol–water partition coefficient (Wildman–Crippen LogP) is 6.99. The van der Waals surface area contributed by atoms with Gasteiger partial charge in [0, 0.05) is 0 Å². The summed E-state index contributed by atoms with van der Waals surface area (Å²) in [4.78, 5) is 0. The van der Waals surface area contributed by atoms with Crippen LogP contribution in [0, 0.1) is 13.8 Å². The fourth-order valence-electron chi connectivity index (χ4n) is 4.17. The fourth-order valence-corrected chi connectivity index (χ4v) is 4.17. The van der Waals surface area contributed by atoms with Gasteiger partial charge in [0.2, 0.25) is 0 Å². The van der Waals surface area contributed by atoms with Crippen molar-refractivity contribution in [1.29, 1.82) is 0 Å². The van der Waals surface area contributed by atoms with Crippen LogP contribution in [0.4, 0.5) is 0 Å². The van der Waals surface area contributed by atoms with E-state index in [-0.39, 0.29) is 5.54 Å². The maximum atomic E-state index is 4.03. The molecule has 0 saturated heterocycles. The van der Waals surface area contributed by atoms with Crippen LogP contribution in [0.2, 0.25) is 0 Å². The van der Waals surface area contributed by atoms with Gasteiger partial charge in [-0.1, -0.05) is 97.1 Å². The Hall–Kier alpha value is -2.12. The van der Waals surface area contributed by atoms with Gasteiger partial charge in [0.15, 0.2) is 0 Å². The Kier molecular flexibility index (Phi) is 6.91. The van der Waals surface area contributed by atoms with Crippen molar-refractivity contribution >= 4 is 0 Å². The third kappa shape index (κ3) is 4.47. The molecule has 0 amide bonds. The Balaban J connectivity index is 2.15. The summed E-state index contributed by atoms with van der Waals surface area (Å²) < 4.78 is 0. The normalized spacial score (nSPS) is 14.6. The molecule has 1 nitrogen and oxygen atoms in total. The third-order valence-electron chi connectivity index (χ3n) is 5.98. The minimum atomic E-state index is -0.258. The molecule has 3 rings (SSSR count). The highest BCUT2D eigenvalue weighted by atomic mass is 15.0. The van der Waals surface area contributed by atoms with Gasteiger partial charge in [-0.05, 0) is 63.3 Å². The Morgan fingerprint density at radius 3 is 1.79 bits per heavy atom. The number of allylic oxidation sites excluding steroid dienone is 3. The number of benzene rings is 2. The van der Waals surface area contributed by atoms with Gasteiger partial charge in [0.1, 0.15) is 0 Å². The topological polar surface area (TPSA) is 12.0 Å². The van der Waals surface area contributed by atoms with Gasteiger partial charge in [-0.2, -0.15) is 0 Å². The standard InChI is InChI=1S/C27H35N/c1-5-6-7-20-28-27(24-14-8-21(2)9-15-24,25-16-10-22(3)11-17-25)26-18-12-23(4)13-19-26/h8-12,14-18,28H,5-7,13,19-20H2,1-4H3. The molecule has 0 aliphatic heterocycles. The summed E-state index contributed by atoms with van der Waals surface area (Å²) in [6.45, 7) is 9.86. The largest absolute Gasteiger partial charge is 0.300 e. The van der Waals surface area contributed by atoms with E-state index < -0.39 is 0 Å². The molecule has 0 unspecified atom stereocenters. The van der Waals surface area contributed by atoms with Crippen molar-refractivity contribution in [3.05, 3.63) is 94.1 Å². The van der Waals surface area contributed by atoms with Crippen molar-refractivity contribution in [3.63, 3.8) is 0 Å². The van der Waals surface area contributed by atoms with Gasteiger partial charge in [0.05, 0.1) is 5.54 Å². The lowest BCUT2D eigenvalue weighted by atomic mass is 9.73. The average molecular weight is 374 g/mol. The first-order valence-corrected chi connectivity index (χ1v) is 10.8. The van der Waals surface area contributed by atoms with Crippen LogP contribution < -0.4 is 5.32 Å². The summed E-state index contributed by atoms with van der Waals surface area (Å²) in [5, 5.41) is 4.03. The zero-order valence-corrected chi connectivity index (χ0v) is 18.0. The van der Waals surface area contributed by atoms with E-state index in [9.17, 15) is 0 Å². The number of unbranched alkanes of at least 4 members (excludes halogenated alkanes) is 2. The Bertz CT molecular complexity index is 776. The molecule has 0 radical (unpaired) electrons. The van der Waals surface area contributed by atoms with Crippen molar-refractivity contribution in [2.45, 2.75) is 65.3 Å². The number of aryl methyl sites for hydroxylation is 2. The van der Waals surface area contributed by atoms with E-state index in [0.29, 0.717) is 0 Å². The first kappa shape index (κ1) is 20.6. The highest BCUT2D eigenvalue weighted by Crippen LogP contribution is 2.41. The lowest BCUT2D eigenvalue weighted by Gasteiger charge is -2.40. The minimum absolute atomic E-state index is 0.258. The lowest BCUT2D eigenvalue weighted by molar-refractivity contribution is 0.438. The number of rotatable bonds is 8. The highest BCUT2D eigenvalue weighted by molar-refractivity contribution is 5.50. The highest BCUT2D eigenvalue weighted by Gasteiger charge is 2.37.